The highest BCUT2D eigenvalue weighted by Crippen LogP contribution is 2.24. The Bertz CT molecular complexity index is 600. The van der Waals surface area contributed by atoms with Gasteiger partial charge in [-0.15, -0.1) is 0 Å². The molecule has 1 aromatic carbocycles. The van der Waals surface area contributed by atoms with Crippen molar-refractivity contribution in [3.05, 3.63) is 24.3 Å². The van der Waals surface area contributed by atoms with Gasteiger partial charge >= 0.3 is 0 Å². The monoisotopic (exact) mass is 287 g/mol. The fraction of sp³-hybridized carbons (Fsp3) is 0.400. The number of hydrogen-bond donors (Lipinski definition) is 2. The van der Waals surface area contributed by atoms with Gasteiger partial charge in [-0.3, -0.25) is 14.4 Å². The number of amides is 3. The largest absolute Gasteiger partial charge is 0.355 e. The van der Waals surface area contributed by atoms with Gasteiger partial charge in [0.05, 0.1) is 5.92 Å². The average molecular weight is 287 g/mol. The van der Waals surface area contributed by atoms with E-state index in [1.165, 1.54) is 0 Å². The minimum Gasteiger partial charge on any atom is -0.355 e. The summed E-state index contributed by atoms with van der Waals surface area (Å²) in [5, 5.41) is 5.46. The summed E-state index contributed by atoms with van der Waals surface area (Å²) < 4.78 is 0. The number of carbonyl (C=O) groups is 3. The highest BCUT2D eigenvalue weighted by Gasteiger charge is 2.28. The van der Waals surface area contributed by atoms with Crippen LogP contribution in [0.15, 0.2) is 24.3 Å². The van der Waals surface area contributed by atoms with E-state index in [1.54, 1.807) is 17.0 Å². The van der Waals surface area contributed by atoms with Gasteiger partial charge in [0.1, 0.15) is 0 Å². The van der Waals surface area contributed by atoms with Crippen molar-refractivity contribution in [1.29, 1.82) is 0 Å². The van der Waals surface area contributed by atoms with Crippen LogP contribution in [0.5, 0.6) is 0 Å². The molecular weight excluding hydrogens is 270 g/mol. The first-order valence-corrected chi connectivity index (χ1v) is 7.11. The lowest BCUT2D eigenvalue weighted by molar-refractivity contribution is -0.123. The van der Waals surface area contributed by atoms with Gasteiger partial charge in [0.25, 0.3) is 0 Å². The summed E-state index contributed by atoms with van der Waals surface area (Å²) in [7, 11) is 0. The number of rotatable bonds is 3. The molecule has 0 radical (unpaired) electrons. The number of hydrogen-bond acceptors (Lipinski definition) is 3. The Morgan fingerprint density at radius 3 is 2.86 bits per heavy atom. The van der Waals surface area contributed by atoms with Crippen LogP contribution >= 0.6 is 0 Å². The first kappa shape index (κ1) is 13.6. The van der Waals surface area contributed by atoms with Crippen molar-refractivity contribution in [3.8, 4) is 0 Å². The van der Waals surface area contributed by atoms with Gasteiger partial charge in [-0.25, -0.2) is 0 Å². The zero-order chi connectivity index (χ0) is 14.8. The minimum atomic E-state index is -0.324. The summed E-state index contributed by atoms with van der Waals surface area (Å²) in [6.07, 6.45) is 1.67. The van der Waals surface area contributed by atoms with Gasteiger partial charge in [0.2, 0.25) is 17.7 Å². The molecule has 2 aliphatic heterocycles. The van der Waals surface area contributed by atoms with Crippen molar-refractivity contribution < 1.29 is 14.4 Å². The van der Waals surface area contributed by atoms with Crippen molar-refractivity contribution >= 4 is 29.1 Å². The van der Waals surface area contributed by atoms with Gasteiger partial charge in [-0.05, 0) is 24.6 Å². The van der Waals surface area contributed by atoms with Crippen molar-refractivity contribution in [2.75, 3.05) is 23.3 Å². The second-order valence-electron chi connectivity index (χ2n) is 5.39. The highest BCUT2D eigenvalue weighted by atomic mass is 16.2. The van der Waals surface area contributed by atoms with Gasteiger partial charge in [0, 0.05) is 37.3 Å². The normalized spacial score (nSPS) is 21.5. The lowest BCUT2D eigenvalue weighted by atomic mass is 10.1. The quantitative estimate of drug-likeness (QED) is 0.866. The summed E-state index contributed by atoms with van der Waals surface area (Å²) in [4.78, 5) is 36.7. The van der Waals surface area contributed by atoms with E-state index in [1.807, 2.05) is 12.1 Å². The zero-order valence-electron chi connectivity index (χ0n) is 11.6. The number of carbonyl (C=O) groups excluding carboxylic acids is 3. The third kappa shape index (κ3) is 2.89. The summed E-state index contributed by atoms with van der Waals surface area (Å²) in [5.74, 6) is -0.469. The molecule has 2 saturated heterocycles. The first-order valence-electron chi connectivity index (χ1n) is 7.11. The lowest BCUT2D eigenvalue weighted by Gasteiger charge is -2.17. The number of nitrogens with one attached hydrogen (secondary N) is 2. The Hall–Kier alpha value is -2.37. The van der Waals surface area contributed by atoms with Crippen LogP contribution in [0.2, 0.25) is 0 Å². The van der Waals surface area contributed by atoms with E-state index in [4.69, 9.17) is 0 Å². The molecule has 0 saturated carbocycles. The summed E-state index contributed by atoms with van der Waals surface area (Å²) >= 11 is 0. The van der Waals surface area contributed by atoms with Crippen LogP contribution in [-0.2, 0) is 14.4 Å². The Morgan fingerprint density at radius 2 is 2.19 bits per heavy atom. The molecule has 0 aliphatic carbocycles. The fourth-order valence-corrected chi connectivity index (χ4v) is 2.71. The lowest BCUT2D eigenvalue weighted by Crippen LogP contribution is -2.26. The van der Waals surface area contributed by atoms with Crippen molar-refractivity contribution in [1.82, 2.24) is 5.32 Å². The summed E-state index contributed by atoms with van der Waals surface area (Å²) in [6.45, 7) is 1.10. The molecule has 3 amide bonds. The van der Waals surface area contributed by atoms with Crippen LogP contribution in [-0.4, -0.2) is 30.8 Å². The maximum atomic E-state index is 12.1. The molecule has 6 heteroatoms. The van der Waals surface area contributed by atoms with Gasteiger partial charge in [-0.1, -0.05) is 6.07 Å². The molecule has 0 spiro atoms. The van der Waals surface area contributed by atoms with Crippen molar-refractivity contribution in [3.63, 3.8) is 0 Å². The van der Waals surface area contributed by atoms with Crippen LogP contribution in [0, 0.1) is 5.92 Å². The molecule has 110 valence electrons. The van der Waals surface area contributed by atoms with Gasteiger partial charge in [0.15, 0.2) is 0 Å². The Morgan fingerprint density at radius 1 is 1.33 bits per heavy atom. The maximum Gasteiger partial charge on any atom is 0.229 e. The smallest absolute Gasteiger partial charge is 0.229 e. The zero-order valence-corrected chi connectivity index (χ0v) is 11.6. The maximum absolute atomic E-state index is 12.1. The van der Waals surface area contributed by atoms with E-state index >= 15 is 0 Å². The number of anilines is 2. The van der Waals surface area contributed by atoms with Crippen molar-refractivity contribution in [2.45, 2.75) is 19.3 Å². The molecule has 0 aromatic heterocycles. The van der Waals surface area contributed by atoms with E-state index in [0.29, 0.717) is 18.7 Å². The second-order valence-corrected chi connectivity index (χ2v) is 5.39. The summed E-state index contributed by atoms with van der Waals surface area (Å²) in [5.41, 5.74) is 1.45. The van der Waals surface area contributed by atoms with Gasteiger partial charge < -0.3 is 15.5 Å². The molecule has 21 heavy (non-hydrogen) atoms. The van der Waals surface area contributed by atoms with E-state index in [0.717, 1.165) is 18.7 Å². The third-order valence-electron chi connectivity index (χ3n) is 3.85. The Balaban J connectivity index is 1.70. The molecule has 2 heterocycles. The standard InChI is InChI=1S/C15H17N3O3/c19-13-7-10(9-16-13)15(21)17-11-3-1-4-12(8-11)18-6-2-5-14(18)20/h1,3-4,8,10H,2,5-7,9H2,(H,16,19)(H,17,21). The number of benzene rings is 1. The second kappa shape index (κ2) is 5.55. The fourth-order valence-electron chi connectivity index (χ4n) is 2.71. The summed E-state index contributed by atoms with van der Waals surface area (Å²) in [6, 6.07) is 7.26. The predicted octanol–water partition coefficient (Wildman–Crippen LogP) is 0.888. The molecule has 1 aromatic rings. The topological polar surface area (TPSA) is 78.5 Å². The molecule has 0 bridgehead atoms. The van der Waals surface area contributed by atoms with E-state index < -0.39 is 0 Å². The van der Waals surface area contributed by atoms with Crippen LogP contribution < -0.4 is 15.5 Å². The minimum absolute atomic E-state index is 0.0911. The SMILES string of the molecule is O=C1CC(C(=O)Nc2cccc(N3CCCC3=O)c2)CN1. The van der Waals surface area contributed by atoms with E-state index in [9.17, 15) is 14.4 Å². The Kier molecular flexibility index (Phi) is 3.60. The first-order chi connectivity index (χ1) is 10.1. The molecule has 6 nitrogen and oxygen atoms in total. The van der Waals surface area contributed by atoms with Gasteiger partial charge in [-0.2, -0.15) is 0 Å². The third-order valence-corrected chi connectivity index (χ3v) is 3.85. The van der Waals surface area contributed by atoms with Crippen LogP contribution in [0.4, 0.5) is 11.4 Å². The molecule has 1 atom stereocenters. The van der Waals surface area contributed by atoms with Crippen LogP contribution in [0.25, 0.3) is 0 Å². The predicted molar refractivity (Wildman–Crippen MR) is 77.8 cm³/mol. The molecule has 2 fully saturated rings. The molecule has 2 N–H and O–H groups in total. The molecule has 2 aliphatic rings. The molecular formula is C15H17N3O3. The average Bonchev–Trinajstić information content (AvgIpc) is 3.08. The van der Waals surface area contributed by atoms with E-state index in [2.05, 4.69) is 10.6 Å². The highest BCUT2D eigenvalue weighted by molar-refractivity contribution is 5.99. The molecule has 3 rings (SSSR count). The van der Waals surface area contributed by atoms with E-state index in [-0.39, 0.29) is 30.1 Å². The van der Waals surface area contributed by atoms with Crippen LogP contribution in [0.3, 0.4) is 0 Å². The molecule has 1 unspecified atom stereocenters. The van der Waals surface area contributed by atoms with Crippen LogP contribution in [0.1, 0.15) is 19.3 Å². The van der Waals surface area contributed by atoms with Crippen molar-refractivity contribution in [2.24, 2.45) is 5.92 Å². The Labute approximate surface area is 122 Å². The number of nitrogens with zero attached hydrogens (tertiary/aromatic N) is 1.